The van der Waals surface area contributed by atoms with Crippen molar-refractivity contribution in [3.8, 4) is 6.07 Å². The number of rotatable bonds is 5. The summed E-state index contributed by atoms with van der Waals surface area (Å²) in [5.74, 6) is -1.00. The molecule has 3 aromatic rings. The molecule has 1 saturated heterocycles. The number of carbonyl (C=O) groups is 2. The molecule has 0 aliphatic carbocycles. The van der Waals surface area contributed by atoms with Gasteiger partial charge in [0.15, 0.2) is 11.6 Å². The molecule has 2 aromatic carbocycles. The smallest absolute Gasteiger partial charge is 0.321 e. The van der Waals surface area contributed by atoms with Gasteiger partial charge in [0.05, 0.1) is 17.0 Å². The third-order valence-electron chi connectivity index (χ3n) is 5.52. The van der Waals surface area contributed by atoms with Gasteiger partial charge in [-0.05, 0) is 37.1 Å². The van der Waals surface area contributed by atoms with E-state index in [2.05, 4.69) is 15.3 Å². The number of hydrogen-bond acceptors (Lipinski definition) is 6. The highest BCUT2D eigenvalue weighted by molar-refractivity contribution is 5.89. The minimum Gasteiger partial charge on any atom is -0.507 e. The summed E-state index contributed by atoms with van der Waals surface area (Å²) in [5, 5.41) is 22.6. The fraction of sp³-hybridized carbons (Fsp3) is 0.250. The first-order valence-electron chi connectivity index (χ1n) is 10.6. The van der Waals surface area contributed by atoms with Gasteiger partial charge < -0.3 is 25.0 Å². The van der Waals surface area contributed by atoms with E-state index in [1.54, 1.807) is 11.0 Å². The minimum atomic E-state index is -0.466. The summed E-state index contributed by atoms with van der Waals surface area (Å²) in [6, 6.07) is 18.1. The summed E-state index contributed by atoms with van der Waals surface area (Å²) in [5.41, 5.74) is 2.02. The molecule has 2 amide bonds. The zero-order chi connectivity index (χ0) is 23.2. The molecule has 2 heterocycles. The number of H-pyrrole nitrogens is 1. The van der Waals surface area contributed by atoms with Gasteiger partial charge in [0, 0.05) is 18.8 Å². The van der Waals surface area contributed by atoms with Gasteiger partial charge in [-0.2, -0.15) is 5.26 Å². The van der Waals surface area contributed by atoms with E-state index in [-0.39, 0.29) is 29.1 Å². The lowest BCUT2D eigenvalue weighted by Gasteiger charge is -2.30. The SMILES string of the molecule is N#C/C(=C(/O)COC(=O)C1CCN(C(=O)Nc2ccccc2)CC1)c1nc2ccccc2[nH]1. The molecule has 0 bridgehead atoms. The lowest BCUT2D eigenvalue weighted by Crippen LogP contribution is -2.42. The van der Waals surface area contributed by atoms with Gasteiger partial charge in [0.25, 0.3) is 0 Å². The van der Waals surface area contributed by atoms with Crippen molar-refractivity contribution < 1.29 is 19.4 Å². The van der Waals surface area contributed by atoms with Crippen molar-refractivity contribution in [2.45, 2.75) is 12.8 Å². The molecular formula is C24H23N5O4. The third-order valence-corrected chi connectivity index (χ3v) is 5.52. The highest BCUT2D eigenvalue weighted by atomic mass is 16.5. The Kier molecular flexibility index (Phi) is 6.55. The lowest BCUT2D eigenvalue weighted by atomic mass is 9.97. The van der Waals surface area contributed by atoms with Crippen LogP contribution in [-0.4, -0.2) is 51.7 Å². The van der Waals surface area contributed by atoms with Crippen LogP contribution in [0.5, 0.6) is 0 Å². The molecule has 9 heteroatoms. The van der Waals surface area contributed by atoms with E-state index in [4.69, 9.17) is 4.74 Å². The molecule has 0 atom stereocenters. The topological polar surface area (TPSA) is 131 Å². The van der Waals surface area contributed by atoms with E-state index < -0.39 is 12.6 Å². The normalized spacial score (nSPS) is 14.9. The first-order chi connectivity index (χ1) is 16.0. The van der Waals surface area contributed by atoms with Gasteiger partial charge in [-0.15, -0.1) is 0 Å². The molecule has 3 N–H and O–H groups in total. The maximum atomic E-state index is 12.5. The molecular weight excluding hydrogens is 422 g/mol. The number of ether oxygens (including phenoxy) is 1. The van der Waals surface area contributed by atoms with Crippen molar-refractivity contribution in [1.29, 1.82) is 5.26 Å². The number of urea groups is 1. The molecule has 1 aliphatic heterocycles. The average molecular weight is 445 g/mol. The molecule has 1 aromatic heterocycles. The number of amides is 2. The predicted molar refractivity (Wildman–Crippen MR) is 122 cm³/mol. The fourth-order valence-corrected chi connectivity index (χ4v) is 3.70. The Morgan fingerprint density at radius 3 is 2.55 bits per heavy atom. The second-order valence-electron chi connectivity index (χ2n) is 7.70. The number of carbonyl (C=O) groups excluding carboxylic acids is 2. The summed E-state index contributed by atoms with van der Waals surface area (Å²) >= 11 is 0. The number of likely N-dealkylation sites (tertiary alicyclic amines) is 1. The second-order valence-corrected chi connectivity index (χ2v) is 7.70. The molecule has 4 rings (SSSR count). The van der Waals surface area contributed by atoms with Crippen LogP contribution in [-0.2, 0) is 9.53 Å². The zero-order valence-corrected chi connectivity index (χ0v) is 17.8. The number of nitrogens with one attached hydrogen (secondary N) is 2. The monoisotopic (exact) mass is 445 g/mol. The molecule has 1 fully saturated rings. The van der Waals surface area contributed by atoms with Gasteiger partial charge in [0.2, 0.25) is 0 Å². The number of aliphatic hydroxyl groups is 1. The van der Waals surface area contributed by atoms with Crippen LogP contribution in [0.25, 0.3) is 16.6 Å². The Bertz CT molecular complexity index is 1190. The number of aromatic nitrogens is 2. The van der Waals surface area contributed by atoms with Crippen LogP contribution in [0, 0.1) is 17.2 Å². The molecule has 0 spiro atoms. The number of fused-ring (bicyclic) bond motifs is 1. The number of allylic oxidation sites excluding steroid dienone is 1. The zero-order valence-electron chi connectivity index (χ0n) is 17.8. The van der Waals surface area contributed by atoms with Crippen LogP contribution in [0.4, 0.5) is 10.5 Å². The standard InChI is InChI=1S/C24H23N5O4/c25-14-18(22-27-19-8-4-5-9-20(19)28-22)21(30)15-33-23(31)16-10-12-29(13-11-16)24(32)26-17-6-2-1-3-7-17/h1-9,16,30H,10-13,15H2,(H,26,32)(H,27,28)/b21-18-. The van der Waals surface area contributed by atoms with E-state index >= 15 is 0 Å². The Labute approximate surface area is 190 Å². The Balaban J connectivity index is 1.30. The quantitative estimate of drug-likeness (QED) is 0.311. The molecule has 0 saturated carbocycles. The molecule has 0 radical (unpaired) electrons. The van der Waals surface area contributed by atoms with E-state index in [0.29, 0.717) is 37.1 Å². The Hall–Kier alpha value is -4.32. The van der Waals surface area contributed by atoms with Crippen LogP contribution in [0.15, 0.2) is 60.4 Å². The van der Waals surface area contributed by atoms with Crippen LogP contribution >= 0.6 is 0 Å². The van der Waals surface area contributed by atoms with Gasteiger partial charge in [-0.25, -0.2) is 9.78 Å². The molecule has 33 heavy (non-hydrogen) atoms. The number of esters is 1. The molecule has 168 valence electrons. The van der Waals surface area contributed by atoms with E-state index in [9.17, 15) is 20.0 Å². The number of benzene rings is 2. The number of nitrogens with zero attached hydrogens (tertiary/aromatic N) is 3. The van der Waals surface area contributed by atoms with Gasteiger partial charge in [0.1, 0.15) is 18.2 Å². The number of imidazole rings is 1. The van der Waals surface area contributed by atoms with Crippen LogP contribution in [0.2, 0.25) is 0 Å². The largest absolute Gasteiger partial charge is 0.507 e. The fourth-order valence-electron chi connectivity index (χ4n) is 3.70. The highest BCUT2D eigenvalue weighted by Crippen LogP contribution is 2.22. The summed E-state index contributed by atoms with van der Waals surface area (Å²) < 4.78 is 5.25. The lowest BCUT2D eigenvalue weighted by molar-refractivity contribution is -0.149. The van der Waals surface area contributed by atoms with Crippen molar-refractivity contribution in [3.05, 3.63) is 66.2 Å². The Morgan fingerprint density at radius 1 is 1.15 bits per heavy atom. The maximum absolute atomic E-state index is 12.5. The summed E-state index contributed by atoms with van der Waals surface area (Å²) in [6.07, 6.45) is 0.917. The number of aromatic amines is 1. The predicted octanol–water partition coefficient (Wildman–Crippen LogP) is 3.84. The van der Waals surface area contributed by atoms with Crippen molar-refractivity contribution in [1.82, 2.24) is 14.9 Å². The number of anilines is 1. The van der Waals surface area contributed by atoms with Gasteiger partial charge in [-0.1, -0.05) is 30.3 Å². The average Bonchev–Trinajstić information content (AvgIpc) is 3.27. The number of para-hydroxylation sites is 3. The highest BCUT2D eigenvalue weighted by Gasteiger charge is 2.29. The van der Waals surface area contributed by atoms with Crippen molar-refractivity contribution >= 4 is 34.3 Å². The summed E-state index contributed by atoms with van der Waals surface area (Å²) in [6.45, 7) is 0.416. The van der Waals surface area contributed by atoms with Crippen molar-refractivity contribution in [2.24, 2.45) is 5.92 Å². The van der Waals surface area contributed by atoms with Gasteiger partial charge in [-0.3, -0.25) is 4.79 Å². The first-order valence-corrected chi connectivity index (χ1v) is 10.6. The second kappa shape index (κ2) is 9.87. The van der Waals surface area contributed by atoms with Crippen molar-refractivity contribution in [3.63, 3.8) is 0 Å². The summed E-state index contributed by atoms with van der Waals surface area (Å²) in [4.78, 5) is 33.8. The van der Waals surface area contributed by atoms with Gasteiger partial charge >= 0.3 is 12.0 Å². The van der Waals surface area contributed by atoms with E-state index in [1.165, 1.54) is 0 Å². The minimum absolute atomic E-state index is 0.0774. The van der Waals surface area contributed by atoms with Crippen LogP contribution in [0.3, 0.4) is 0 Å². The number of hydrogen-bond donors (Lipinski definition) is 3. The maximum Gasteiger partial charge on any atom is 0.321 e. The Morgan fingerprint density at radius 2 is 1.85 bits per heavy atom. The number of aliphatic hydroxyl groups excluding tert-OH is 1. The van der Waals surface area contributed by atoms with E-state index in [0.717, 1.165) is 5.52 Å². The van der Waals surface area contributed by atoms with E-state index in [1.807, 2.05) is 54.6 Å². The first kappa shape index (κ1) is 21.9. The summed E-state index contributed by atoms with van der Waals surface area (Å²) in [7, 11) is 0. The molecule has 1 aliphatic rings. The number of piperidine rings is 1. The van der Waals surface area contributed by atoms with Crippen LogP contribution < -0.4 is 5.32 Å². The molecule has 0 unspecified atom stereocenters. The third kappa shape index (κ3) is 5.13. The van der Waals surface area contributed by atoms with Crippen molar-refractivity contribution in [2.75, 3.05) is 25.0 Å². The molecule has 9 nitrogen and oxygen atoms in total. The number of nitriles is 1. The van der Waals surface area contributed by atoms with Crippen LogP contribution in [0.1, 0.15) is 18.7 Å².